The molecule has 0 saturated carbocycles. The van der Waals surface area contributed by atoms with Crippen molar-refractivity contribution in [3.8, 4) is 0 Å². The van der Waals surface area contributed by atoms with E-state index in [-0.39, 0.29) is 98.5 Å². The van der Waals surface area contributed by atoms with Gasteiger partial charge in [-0.05, 0) is 92.2 Å². The van der Waals surface area contributed by atoms with Gasteiger partial charge >= 0.3 is 35.8 Å². The van der Waals surface area contributed by atoms with E-state index in [1.807, 2.05) is 53.6 Å². The second-order valence-corrected chi connectivity index (χ2v) is 16.4. The molecule has 0 aromatic heterocycles. The number of rotatable bonds is 33. The number of carbonyl (C=O) groups excluding carboxylic acids is 6. The summed E-state index contributed by atoms with van der Waals surface area (Å²) in [5.41, 5.74) is 0. The summed E-state index contributed by atoms with van der Waals surface area (Å²) in [6, 6.07) is 0. The lowest BCUT2D eigenvalue weighted by atomic mass is 10.2. The lowest BCUT2D eigenvalue weighted by molar-refractivity contribution is -0.152. The van der Waals surface area contributed by atoms with Gasteiger partial charge in [-0.25, -0.2) is 0 Å². The van der Waals surface area contributed by atoms with Gasteiger partial charge in [-0.1, -0.05) is 34.6 Å². The molecule has 0 bridgehead atoms. The third-order valence-corrected chi connectivity index (χ3v) is 10.6. The van der Waals surface area contributed by atoms with Gasteiger partial charge in [0.05, 0.1) is 35.0 Å². The molecule has 0 radical (unpaired) electrons. The fourth-order valence-electron chi connectivity index (χ4n) is 4.52. The molecule has 3 unspecified atom stereocenters. The molecule has 0 saturated heterocycles. The average molecular weight is 888 g/mol. The smallest absolute Gasteiger partial charge is 0.318 e. The Bertz CT molecular complexity index is 1040. The summed E-state index contributed by atoms with van der Waals surface area (Å²) in [6.45, 7) is 19.1. The van der Waals surface area contributed by atoms with E-state index in [2.05, 4.69) is 9.80 Å². The summed E-state index contributed by atoms with van der Waals surface area (Å²) < 4.78 is 31.2. The van der Waals surface area contributed by atoms with Gasteiger partial charge in [-0.2, -0.15) is 23.5 Å². The molecule has 0 aliphatic rings. The molecule has 0 fully saturated rings. The number of hydrogen-bond acceptors (Lipinski definition) is 18. The van der Waals surface area contributed by atoms with E-state index in [0.29, 0.717) is 39.1 Å². The highest BCUT2D eigenvalue weighted by Gasteiger charge is 2.18. The molecule has 0 heterocycles. The number of ether oxygens (including phenoxy) is 6. The number of hydrogen-bond donors (Lipinski definition) is 0. The molecule has 0 aliphatic carbocycles. The van der Waals surface area contributed by atoms with Crippen LogP contribution in [0, 0.1) is 0 Å². The molecule has 0 rings (SSSR count). The molecule has 0 aromatic carbocycles. The van der Waals surface area contributed by atoms with Crippen LogP contribution in [-0.4, -0.2) is 184 Å². The van der Waals surface area contributed by atoms with Crippen LogP contribution in [0.3, 0.4) is 0 Å². The molecule has 58 heavy (non-hydrogen) atoms. The van der Waals surface area contributed by atoms with Gasteiger partial charge in [-0.3, -0.25) is 28.8 Å². The summed E-state index contributed by atoms with van der Waals surface area (Å²) in [4.78, 5) is 79.4. The Kier molecular flexibility index (Phi) is 43.0. The molecular weight excluding hydrogens is 811 g/mol. The van der Waals surface area contributed by atoms with Gasteiger partial charge in [0.2, 0.25) is 0 Å². The zero-order valence-corrected chi connectivity index (χ0v) is 40.1. The second kappa shape index (κ2) is 41.5. The summed E-state index contributed by atoms with van der Waals surface area (Å²) in [5, 5.41) is -0.883. The third-order valence-electron chi connectivity index (χ3n) is 7.82. The second-order valence-electron chi connectivity index (χ2n) is 12.5. The molecule has 0 amide bonds. The first-order chi connectivity index (χ1) is 27.7. The van der Waals surface area contributed by atoms with Gasteiger partial charge in [0.1, 0.15) is 39.6 Å². The van der Waals surface area contributed by atoms with Crippen molar-refractivity contribution >= 4 is 71.1 Å². The van der Waals surface area contributed by atoms with Crippen LogP contribution in [0.15, 0.2) is 0 Å². The minimum atomic E-state index is -0.453. The maximum Gasteiger partial charge on any atom is 0.318 e. The van der Waals surface area contributed by atoms with Gasteiger partial charge < -0.3 is 43.1 Å². The number of nitrogens with zero attached hydrogens (tertiary/aromatic N) is 3. The Morgan fingerprint density at radius 3 is 1.07 bits per heavy atom. The maximum atomic E-state index is 12.5. The summed E-state index contributed by atoms with van der Waals surface area (Å²) in [7, 11) is 4.00. The Balaban J connectivity index is -0.00000731. The lowest BCUT2D eigenvalue weighted by Crippen LogP contribution is -2.35. The highest BCUT2D eigenvalue weighted by Crippen LogP contribution is 2.11. The van der Waals surface area contributed by atoms with Crippen LogP contribution < -0.4 is 0 Å². The Morgan fingerprint density at radius 1 is 0.466 bits per heavy atom. The predicted molar refractivity (Wildman–Crippen MR) is 237 cm³/mol. The summed E-state index contributed by atoms with van der Waals surface area (Å²) in [5.74, 6) is -1.54. The van der Waals surface area contributed by atoms with Gasteiger partial charge in [0, 0.05) is 19.6 Å². The van der Waals surface area contributed by atoms with Gasteiger partial charge in [-0.15, -0.1) is 11.8 Å². The standard InChI is InChI=1S/C36H65N3O12S3.2C2H6/c1-9-54-30(4)36(45)51-27-24-48-31(40)12-19-38(16-10-15-37(5)6)17-11-18-39(20-13-32(41)46-22-25-49-34(43)28(2)52-7)21-14-33(42)47-23-26-50-35(44)29(3)53-8;2*1-2/h28-30H,9-27H2,1-8H3;2*1-2H3. The van der Waals surface area contributed by atoms with Crippen molar-refractivity contribution in [2.24, 2.45) is 0 Å². The first kappa shape index (κ1) is 60.1. The van der Waals surface area contributed by atoms with Crippen LogP contribution in [0.25, 0.3) is 0 Å². The highest BCUT2D eigenvalue weighted by molar-refractivity contribution is 8.00. The van der Waals surface area contributed by atoms with Crippen LogP contribution in [0.2, 0.25) is 0 Å². The fourth-order valence-corrected chi connectivity index (χ4v) is 5.74. The molecule has 0 N–H and O–H groups in total. The van der Waals surface area contributed by atoms with Crippen molar-refractivity contribution in [3.63, 3.8) is 0 Å². The largest absolute Gasteiger partial charge is 0.462 e. The van der Waals surface area contributed by atoms with Crippen LogP contribution in [-0.2, 0) is 57.2 Å². The van der Waals surface area contributed by atoms with Crippen LogP contribution in [0.5, 0.6) is 0 Å². The van der Waals surface area contributed by atoms with Crippen LogP contribution in [0.1, 0.15) is 87.5 Å². The first-order valence-electron chi connectivity index (χ1n) is 20.5. The monoisotopic (exact) mass is 887 g/mol. The van der Waals surface area contributed by atoms with Gasteiger partial charge in [0.25, 0.3) is 0 Å². The maximum absolute atomic E-state index is 12.5. The number of esters is 6. The summed E-state index contributed by atoms with van der Waals surface area (Å²) in [6.07, 6.45) is 5.51. The molecule has 18 heteroatoms. The van der Waals surface area contributed by atoms with Gasteiger partial charge in [0.15, 0.2) is 0 Å². The third kappa shape index (κ3) is 35.7. The minimum Gasteiger partial charge on any atom is -0.462 e. The lowest BCUT2D eigenvalue weighted by Gasteiger charge is -2.26. The van der Waals surface area contributed by atoms with E-state index >= 15 is 0 Å². The van der Waals surface area contributed by atoms with Crippen molar-refractivity contribution < 1.29 is 57.2 Å². The highest BCUT2D eigenvalue weighted by atomic mass is 32.2. The molecular formula is C40H77N3O12S3. The van der Waals surface area contributed by atoms with Crippen LogP contribution in [0.4, 0.5) is 0 Å². The molecule has 0 spiro atoms. The first-order valence-corrected chi connectivity index (χ1v) is 24.1. The SMILES string of the molecule is CC.CC.CCSC(C)C(=O)OCCOC(=O)CCN(CCCN(C)C)CCCN(CCC(=O)OCCOC(=O)C(C)SC)CCC(=O)OCCOC(=O)C(C)SC. The van der Waals surface area contributed by atoms with Crippen molar-refractivity contribution in [2.75, 3.05) is 118 Å². The van der Waals surface area contributed by atoms with E-state index in [0.717, 1.165) is 25.3 Å². The zero-order valence-electron chi connectivity index (χ0n) is 37.6. The minimum absolute atomic E-state index is 0.000709. The van der Waals surface area contributed by atoms with Crippen molar-refractivity contribution in [1.29, 1.82) is 0 Å². The Labute approximate surface area is 362 Å². The molecule has 15 nitrogen and oxygen atoms in total. The fraction of sp³-hybridized carbons (Fsp3) is 0.850. The Morgan fingerprint density at radius 2 is 0.759 bits per heavy atom. The van der Waals surface area contributed by atoms with Crippen molar-refractivity contribution in [3.05, 3.63) is 0 Å². The Hall–Kier alpha value is -2.25. The van der Waals surface area contributed by atoms with Crippen molar-refractivity contribution in [1.82, 2.24) is 14.7 Å². The van der Waals surface area contributed by atoms with E-state index in [1.54, 1.807) is 33.3 Å². The van der Waals surface area contributed by atoms with Crippen LogP contribution >= 0.6 is 35.3 Å². The predicted octanol–water partition coefficient (Wildman–Crippen LogP) is 5.06. The normalized spacial score (nSPS) is 12.3. The van der Waals surface area contributed by atoms with Crippen molar-refractivity contribution in [2.45, 2.75) is 103 Å². The number of thioether (sulfide) groups is 3. The average Bonchev–Trinajstić information content (AvgIpc) is 3.22. The van der Waals surface area contributed by atoms with E-state index in [4.69, 9.17) is 28.4 Å². The molecule has 3 atom stereocenters. The van der Waals surface area contributed by atoms with E-state index in [9.17, 15) is 28.8 Å². The zero-order chi connectivity index (χ0) is 44.7. The summed E-state index contributed by atoms with van der Waals surface area (Å²) >= 11 is 4.22. The molecule has 0 aliphatic heterocycles. The van der Waals surface area contributed by atoms with E-state index < -0.39 is 11.9 Å². The molecule has 342 valence electrons. The quantitative estimate of drug-likeness (QED) is 0.0487. The van der Waals surface area contributed by atoms with E-state index in [1.165, 1.54) is 35.3 Å². The molecule has 0 aromatic rings. The number of carbonyl (C=O) groups is 6. The topological polar surface area (TPSA) is 168 Å².